The predicted molar refractivity (Wildman–Crippen MR) is 156 cm³/mol. The molecule has 3 rings (SSSR count). The number of rotatable bonds is 18. The van der Waals surface area contributed by atoms with E-state index in [1.54, 1.807) is 48.5 Å². The molecule has 0 bridgehead atoms. The van der Waals surface area contributed by atoms with Gasteiger partial charge >= 0.3 is 11.8 Å². The largest absolute Gasteiger partial charge is 0.491 e. The molecule has 0 aromatic heterocycles. The van der Waals surface area contributed by atoms with Gasteiger partial charge in [0.2, 0.25) is 0 Å². The molecule has 0 radical (unpaired) electrons. The topological polar surface area (TPSA) is 125 Å². The highest BCUT2D eigenvalue weighted by molar-refractivity contribution is 6.35. The van der Waals surface area contributed by atoms with Gasteiger partial charge in [-0.05, 0) is 61.4 Å². The summed E-state index contributed by atoms with van der Waals surface area (Å²) in [6.07, 6.45) is 2.85. The minimum Gasteiger partial charge on any atom is -0.491 e. The summed E-state index contributed by atoms with van der Waals surface area (Å²) in [5.41, 5.74) is 1.08. The van der Waals surface area contributed by atoms with Gasteiger partial charge in [0.05, 0.1) is 36.4 Å². The van der Waals surface area contributed by atoms with Gasteiger partial charge in [0.25, 0.3) is 0 Å². The van der Waals surface area contributed by atoms with Gasteiger partial charge in [-0.15, -0.1) is 0 Å². The second kappa shape index (κ2) is 17.6. The van der Waals surface area contributed by atoms with Crippen molar-refractivity contribution >= 4 is 11.8 Å². The van der Waals surface area contributed by atoms with Crippen LogP contribution in [-0.4, -0.2) is 86.4 Å². The minimum atomic E-state index is -0.580. The summed E-state index contributed by atoms with van der Waals surface area (Å²) in [5, 5.41) is 18.0. The molecule has 2 aromatic rings. The van der Waals surface area contributed by atoms with E-state index in [1.165, 1.54) is 9.80 Å². The number of hydrogen-bond donors (Lipinski definition) is 0. The van der Waals surface area contributed by atoms with Crippen LogP contribution in [0.5, 0.6) is 11.5 Å². The summed E-state index contributed by atoms with van der Waals surface area (Å²) < 4.78 is 23.8. The van der Waals surface area contributed by atoms with Crippen molar-refractivity contribution in [3.63, 3.8) is 0 Å². The average Bonchev–Trinajstić information content (AvgIpc) is 3.02. The second-order valence-electron chi connectivity index (χ2n) is 10.1. The summed E-state index contributed by atoms with van der Waals surface area (Å²) in [6.45, 7) is 6.80. The van der Waals surface area contributed by atoms with E-state index in [0.717, 1.165) is 25.7 Å². The van der Waals surface area contributed by atoms with Gasteiger partial charge in [0.15, 0.2) is 0 Å². The molecule has 1 fully saturated rings. The van der Waals surface area contributed by atoms with Crippen molar-refractivity contribution in [2.24, 2.45) is 0 Å². The number of nitrogens with zero attached hydrogens (tertiary/aromatic N) is 4. The van der Waals surface area contributed by atoms with E-state index < -0.39 is 24.0 Å². The molecule has 1 saturated heterocycles. The molecule has 1 aliphatic rings. The first kappa shape index (κ1) is 32.4. The molecule has 10 nitrogen and oxygen atoms in total. The number of hydrogen-bond acceptors (Lipinski definition) is 8. The molecule has 0 N–H and O–H groups in total. The van der Waals surface area contributed by atoms with Gasteiger partial charge in [0.1, 0.15) is 36.9 Å². The fraction of sp³-hybridized carbons (Fsp3) is 0.500. The van der Waals surface area contributed by atoms with Crippen LogP contribution in [-0.2, 0) is 19.1 Å². The molecule has 0 aliphatic carbocycles. The Labute approximate surface area is 248 Å². The van der Waals surface area contributed by atoms with Crippen LogP contribution in [0.2, 0.25) is 0 Å². The van der Waals surface area contributed by atoms with Crippen LogP contribution in [0.1, 0.15) is 50.7 Å². The fourth-order valence-electron chi connectivity index (χ4n) is 4.28. The maximum Gasteiger partial charge on any atom is 0.312 e. The summed E-state index contributed by atoms with van der Waals surface area (Å²) in [6, 6.07) is 17.8. The third-order valence-electron chi connectivity index (χ3n) is 6.79. The van der Waals surface area contributed by atoms with Crippen LogP contribution in [0, 0.1) is 22.7 Å². The quantitative estimate of drug-likeness (QED) is 0.193. The van der Waals surface area contributed by atoms with Crippen LogP contribution < -0.4 is 9.47 Å². The number of unbranched alkanes of at least 4 members (excludes halogenated alkanes) is 2. The molecular weight excluding hydrogens is 536 g/mol. The average molecular weight is 577 g/mol. The van der Waals surface area contributed by atoms with Gasteiger partial charge in [-0.2, -0.15) is 10.5 Å². The molecule has 224 valence electrons. The second-order valence-corrected chi connectivity index (χ2v) is 10.1. The fourth-order valence-corrected chi connectivity index (χ4v) is 4.28. The van der Waals surface area contributed by atoms with E-state index in [9.17, 15) is 9.59 Å². The van der Waals surface area contributed by atoms with Crippen LogP contribution in [0.25, 0.3) is 0 Å². The van der Waals surface area contributed by atoms with Crippen molar-refractivity contribution in [1.29, 1.82) is 10.5 Å². The first-order valence-corrected chi connectivity index (χ1v) is 14.5. The SMILES string of the molecule is CCCCOC(COc1ccc(C#N)cc1)CN1CCN(CC(COc2ccc(C#N)cc2)OCCCC)C(=O)C1=O. The molecule has 1 heterocycles. The van der Waals surface area contributed by atoms with E-state index in [4.69, 9.17) is 29.5 Å². The van der Waals surface area contributed by atoms with E-state index in [0.29, 0.717) is 48.9 Å². The maximum atomic E-state index is 13.1. The van der Waals surface area contributed by atoms with Crippen molar-refractivity contribution in [3.8, 4) is 23.6 Å². The van der Waals surface area contributed by atoms with Crippen molar-refractivity contribution in [3.05, 3.63) is 59.7 Å². The Morgan fingerprint density at radius 3 is 1.40 bits per heavy atom. The molecule has 0 saturated carbocycles. The Bertz CT molecular complexity index is 1110. The lowest BCUT2D eigenvalue weighted by molar-refractivity contribution is -0.159. The molecule has 0 spiro atoms. The molecule has 10 heteroatoms. The Morgan fingerprint density at radius 2 is 1.07 bits per heavy atom. The number of piperazine rings is 1. The van der Waals surface area contributed by atoms with Crippen molar-refractivity contribution in [1.82, 2.24) is 9.80 Å². The standard InChI is InChI=1S/C32H40N4O6/c1-3-5-17-39-29(23-41-27-11-7-25(19-33)8-12-27)21-35-15-16-36(32(38)31(35)37)22-30(40-18-6-4-2)24-42-28-13-9-26(20-34)10-14-28/h7-14,29-30H,3-6,15-18,21-24H2,1-2H3. The van der Waals surface area contributed by atoms with Crippen LogP contribution >= 0.6 is 0 Å². The predicted octanol–water partition coefficient (Wildman–Crippen LogP) is 3.93. The zero-order chi connectivity index (χ0) is 30.2. The van der Waals surface area contributed by atoms with E-state index in [2.05, 4.69) is 26.0 Å². The third kappa shape index (κ3) is 10.4. The van der Waals surface area contributed by atoms with Crippen molar-refractivity contribution in [2.45, 2.75) is 51.7 Å². The lowest BCUT2D eigenvalue weighted by atomic mass is 10.2. The molecule has 2 amide bonds. The molecule has 1 aliphatic heterocycles. The number of amides is 2. The Kier molecular flexibility index (Phi) is 13.6. The molecular formula is C32H40N4O6. The maximum absolute atomic E-state index is 13.1. The zero-order valence-electron chi connectivity index (χ0n) is 24.5. The molecule has 2 aromatic carbocycles. The first-order chi connectivity index (χ1) is 20.5. The Hall–Kier alpha value is -4.12. The molecule has 2 atom stereocenters. The van der Waals surface area contributed by atoms with Crippen molar-refractivity contribution in [2.75, 3.05) is 52.6 Å². The van der Waals surface area contributed by atoms with Gasteiger partial charge in [0, 0.05) is 26.3 Å². The van der Waals surface area contributed by atoms with E-state index in [1.807, 2.05) is 0 Å². The van der Waals surface area contributed by atoms with Gasteiger partial charge in [-0.25, -0.2) is 0 Å². The monoisotopic (exact) mass is 576 g/mol. The Balaban J connectivity index is 1.57. The van der Waals surface area contributed by atoms with Crippen molar-refractivity contribution < 1.29 is 28.5 Å². The number of nitriles is 2. The van der Waals surface area contributed by atoms with Crippen LogP contribution in [0.15, 0.2) is 48.5 Å². The summed E-state index contributed by atoms with van der Waals surface area (Å²) in [5.74, 6) is 0.0402. The van der Waals surface area contributed by atoms with Gasteiger partial charge < -0.3 is 28.7 Å². The smallest absolute Gasteiger partial charge is 0.312 e. The first-order valence-electron chi connectivity index (χ1n) is 14.5. The summed E-state index contributed by atoms with van der Waals surface area (Å²) >= 11 is 0. The lowest BCUT2D eigenvalue weighted by Crippen LogP contribution is -2.58. The minimum absolute atomic E-state index is 0.206. The number of carbonyl (C=O) groups is 2. The highest BCUT2D eigenvalue weighted by Gasteiger charge is 2.35. The van der Waals surface area contributed by atoms with E-state index in [-0.39, 0.29) is 26.3 Å². The summed E-state index contributed by atoms with van der Waals surface area (Å²) in [7, 11) is 0. The number of benzene rings is 2. The van der Waals surface area contributed by atoms with Crippen LogP contribution in [0.3, 0.4) is 0 Å². The van der Waals surface area contributed by atoms with E-state index >= 15 is 0 Å². The molecule has 2 unspecified atom stereocenters. The summed E-state index contributed by atoms with van der Waals surface area (Å²) in [4.78, 5) is 29.3. The highest BCUT2D eigenvalue weighted by Crippen LogP contribution is 2.16. The highest BCUT2D eigenvalue weighted by atomic mass is 16.5. The van der Waals surface area contributed by atoms with Crippen LogP contribution in [0.4, 0.5) is 0 Å². The molecule has 42 heavy (non-hydrogen) atoms. The normalized spacial score (nSPS) is 14.7. The van der Waals surface area contributed by atoms with Gasteiger partial charge in [-0.1, -0.05) is 26.7 Å². The van der Waals surface area contributed by atoms with Gasteiger partial charge in [-0.3, -0.25) is 9.59 Å². The lowest BCUT2D eigenvalue weighted by Gasteiger charge is -2.36. The zero-order valence-corrected chi connectivity index (χ0v) is 24.5. The third-order valence-corrected chi connectivity index (χ3v) is 6.79. The number of carbonyl (C=O) groups excluding carboxylic acids is 2. The number of ether oxygens (including phenoxy) is 4. The Morgan fingerprint density at radius 1 is 0.690 bits per heavy atom.